The van der Waals surface area contributed by atoms with Gasteiger partial charge in [-0.2, -0.15) is 10.2 Å². The number of methoxy groups -OCH3 is 1. The summed E-state index contributed by atoms with van der Waals surface area (Å²) in [7, 11) is 1.37. The fourth-order valence-corrected chi connectivity index (χ4v) is 1.40. The molecule has 0 atom stereocenters. The van der Waals surface area contributed by atoms with Gasteiger partial charge >= 0.3 is 0 Å². The number of carbonyl (C=O) groups excluding carboxylic acids is 1. The summed E-state index contributed by atoms with van der Waals surface area (Å²) in [5.41, 5.74) is 0.612. The zero-order valence-corrected chi connectivity index (χ0v) is 9.05. The molecule has 0 aliphatic heterocycles. The minimum Gasteiger partial charge on any atom is -0.494 e. The van der Waals surface area contributed by atoms with Crippen molar-refractivity contribution in [1.29, 1.82) is 0 Å². The lowest BCUT2D eigenvalue weighted by Gasteiger charge is -2.04. The molecular formula is C12H9FN2O2. The Hall–Kier alpha value is -2.30. The Morgan fingerprint density at radius 1 is 1.24 bits per heavy atom. The van der Waals surface area contributed by atoms with Gasteiger partial charge in [0.05, 0.1) is 19.5 Å². The van der Waals surface area contributed by atoms with Crippen molar-refractivity contribution < 1.29 is 13.9 Å². The van der Waals surface area contributed by atoms with Gasteiger partial charge in [-0.15, -0.1) is 0 Å². The molecule has 86 valence electrons. The van der Waals surface area contributed by atoms with E-state index in [0.717, 1.165) is 6.07 Å². The molecule has 0 spiro atoms. The van der Waals surface area contributed by atoms with E-state index in [4.69, 9.17) is 4.74 Å². The number of halogens is 1. The molecule has 4 nitrogen and oxygen atoms in total. The third-order valence-electron chi connectivity index (χ3n) is 2.26. The Balaban J connectivity index is 2.35. The maximum Gasteiger partial charge on any atom is 0.194 e. The number of rotatable bonds is 3. The molecule has 1 aromatic carbocycles. The topological polar surface area (TPSA) is 52.1 Å². The lowest BCUT2D eigenvalue weighted by atomic mass is 10.1. The number of nitrogens with zero attached hydrogens (tertiary/aromatic N) is 2. The van der Waals surface area contributed by atoms with Crippen molar-refractivity contribution in [3.63, 3.8) is 0 Å². The third kappa shape index (κ3) is 2.28. The van der Waals surface area contributed by atoms with Gasteiger partial charge in [0.2, 0.25) is 0 Å². The van der Waals surface area contributed by atoms with Crippen LogP contribution in [0.1, 0.15) is 15.9 Å². The second-order valence-corrected chi connectivity index (χ2v) is 3.31. The summed E-state index contributed by atoms with van der Waals surface area (Å²) in [5, 5.41) is 7.17. The summed E-state index contributed by atoms with van der Waals surface area (Å²) in [4.78, 5) is 11.9. The predicted octanol–water partition coefficient (Wildman–Crippen LogP) is 1.86. The summed E-state index contributed by atoms with van der Waals surface area (Å²) >= 11 is 0. The van der Waals surface area contributed by atoms with Crippen molar-refractivity contribution in [3.05, 3.63) is 53.6 Å². The lowest BCUT2D eigenvalue weighted by Crippen LogP contribution is -2.03. The second-order valence-electron chi connectivity index (χ2n) is 3.31. The number of aromatic nitrogens is 2. The molecular weight excluding hydrogens is 223 g/mol. The van der Waals surface area contributed by atoms with Gasteiger partial charge < -0.3 is 4.74 Å². The molecule has 0 fully saturated rings. The van der Waals surface area contributed by atoms with Gasteiger partial charge in [0.1, 0.15) is 0 Å². The Morgan fingerprint density at radius 2 is 2.06 bits per heavy atom. The van der Waals surface area contributed by atoms with E-state index in [9.17, 15) is 9.18 Å². The van der Waals surface area contributed by atoms with Crippen LogP contribution < -0.4 is 4.74 Å². The highest BCUT2D eigenvalue weighted by Gasteiger charge is 2.12. The second kappa shape index (κ2) is 4.69. The van der Waals surface area contributed by atoms with E-state index in [2.05, 4.69) is 10.2 Å². The molecule has 0 bridgehead atoms. The molecule has 1 heterocycles. The van der Waals surface area contributed by atoms with E-state index < -0.39 is 5.82 Å². The first-order valence-corrected chi connectivity index (χ1v) is 4.87. The molecule has 0 radical (unpaired) electrons. The summed E-state index contributed by atoms with van der Waals surface area (Å²) in [6.07, 6.45) is 2.75. The van der Waals surface area contributed by atoms with Crippen LogP contribution >= 0.6 is 0 Å². The molecule has 5 heteroatoms. The molecule has 0 unspecified atom stereocenters. The van der Waals surface area contributed by atoms with Gasteiger partial charge in [-0.25, -0.2) is 4.39 Å². The first kappa shape index (κ1) is 11.2. The molecule has 0 amide bonds. The van der Waals surface area contributed by atoms with Crippen LogP contribution in [-0.2, 0) is 0 Å². The Bertz CT molecular complexity index is 543. The van der Waals surface area contributed by atoms with Gasteiger partial charge in [0.15, 0.2) is 17.3 Å². The highest BCUT2D eigenvalue weighted by atomic mass is 19.1. The normalized spacial score (nSPS) is 10.0. The summed E-state index contributed by atoms with van der Waals surface area (Å²) in [6.45, 7) is 0. The van der Waals surface area contributed by atoms with Gasteiger partial charge in [-0.3, -0.25) is 4.79 Å². The maximum atomic E-state index is 13.4. The molecule has 1 aromatic heterocycles. The number of carbonyl (C=O) groups is 1. The van der Waals surface area contributed by atoms with Crippen LogP contribution in [0.4, 0.5) is 4.39 Å². The number of benzene rings is 1. The lowest BCUT2D eigenvalue weighted by molar-refractivity contribution is 0.103. The minimum absolute atomic E-state index is 0.106. The molecule has 2 aromatic rings. The quantitative estimate of drug-likeness (QED) is 0.758. The number of hydrogen-bond acceptors (Lipinski definition) is 4. The van der Waals surface area contributed by atoms with Crippen molar-refractivity contribution in [1.82, 2.24) is 10.2 Å². The fraction of sp³-hybridized carbons (Fsp3) is 0.0833. The number of hydrogen-bond donors (Lipinski definition) is 0. The molecule has 0 saturated carbocycles. The van der Waals surface area contributed by atoms with Crippen molar-refractivity contribution in [2.75, 3.05) is 7.11 Å². The average molecular weight is 232 g/mol. The highest BCUT2D eigenvalue weighted by Crippen LogP contribution is 2.19. The summed E-state index contributed by atoms with van der Waals surface area (Å²) < 4.78 is 18.2. The van der Waals surface area contributed by atoms with Crippen LogP contribution in [0.15, 0.2) is 36.7 Å². The van der Waals surface area contributed by atoms with Gasteiger partial charge in [-0.1, -0.05) is 0 Å². The average Bonchev–Trinajstić information content (AvgIpc) is 2.39. The molecule has 0 saturated heterocycles. The monoisotopic (exact) mass is 232 g/mol. The molecule has 0 aliphatic carbocycles. The fourth-order valence-electron chi connectivity index (χ4n) is 1.40. The highest BCUT2D eigenvalue weighted by molar-refractivity contribution is 6.08. The van der Waals surface area contributed by atoms with E-state index in [1.807, 2.05) is 0 Å². The molecule has 0 aliphatic rings. The van der Waals surface area contributed by atoms with E-state index in [-0.39, 0.29) is 17.1 Å². The zero-order valence-electron chi connectivity index (χ0n) is 9.05. The van der Waals surface area contributed by atoms with Crippen LogP contribution in [0.25, 0.3) is 0 Å². The van der Waals surface area contributed by atoms with Crippen molar-refractivity contribution in [2.24, 2.45) is 0 Å². The van der Waals surface area contributed by atoms with Crippen molar-refractivity contribution >= 4 is 5.78 Å². The first-order chi connectivity index (χ1) is 8.22. The van der Waals surface area contributed by atoms with E-state index in [1.165, 1.54) is 37.7 Å². The Morgan fingerprint density at radius 3 is 2.65 bits per heavy atom. The molecule has 2 rings (SSSR count). The Kier molecular flexibility index (Phi) is 3.09. The largest absolute Gasteiger partial charge is 0.494 e. The Labute approximate surface area is 97.1 Å². The van der Waals surface area contributed by atoms with Crippen molar-refractivity contribution in [2.45, 2.75) is 0 Å². The zero-order chi connectivity index (χ0) is 12.3. The number of ketones is 1. The summed E-state index contributed by atoms with van der Waals surface area (Å²) in [6, 6.07) is 5.58. The van der Waals surface area contributed by atoms with E-state index >= 15 is 0 Å². The van der Waals surface area contributed by atoms with Crippen LogP contribution in [0.2, 0.25) is 0 Å². The van der Waals surface area contributed by atoms with E-state index in [1.54, 1.807) is 0 Å². The first-order valence-electron chi connectivity index (χ1n) is 4.87. The van der Waals surface area contributed by atoms with Gasteiger partial charge in [0, 0.05) is 11.1 Å². The van der Waals surface area contributed by atoms with Crippen molar-refractivity contribution in [3.8, 4) is 5.75 Å². The van der Waals surface area contributed by atoms with Crippen LogP contribution in [0, 0.1) is 5.82 Å². The smallest absolute Gasteiger partial charge is 0.194 e. The van der Waals surface area contributed by atoms with Crippen LogP contribution in [0.3, 0.4) is 0 Å². The van der Waals surface area contributed by atoms with Gasteiger partial charge in [0.25, 0.3) is 0 Å². The SMILES string of the molecule is COc1ccc(C(=O)c2ccnnc2)cc1F. The number of ether oxygens (including phenoxy) is 1. The standard InChI is InChI=1S/C12H9FN2O2/c1-17-11-3-2-8(6-10(11)13)12(16)9-4-5-14-15-7-9/h2-7H,1H3. The van der Waals surface area contributed by atoms with E-state index in [0.29, 0.717) is 5.56 Å². The maximum absolute atomic E-state index is 13.4. The molecule has 17 heavy (non-hydrogen) atoms. The van der Waals surface area contributed by atoms with Crippen LogP contribution in [0.5, 0.6) is 5.75 Å². The van der Waals surface area contributed by atoms with Crippen LogP contribution in [-0.4, -0.2) is 23.1 Å². The predicted molar refractivity (Wildman–Crippen MR) is 58.4 cm³/mol. The third-order valence-corrected chi connectivity index (χ3v) is 2.26. The minimum atomic E-state index is -0.569. The summed E-state index contributed by atoms with van der Waals surface area (Å²) in [5.74, 6) is -0.767. The molecule has 0 N–H and O–H groups in total. The van der Waals surface area contributed by atoms with Gasteiger partial charge in [-0.05, 0) is 24.3 Å².